The van der Waals surface area contributed by atoms with E-state index in [-0.39, 0.29) is 19.8 Å². The van der Waals surface area contributed by atoms with Crippen LogP contribution in [-0.2, 0) is 28.4 Å². The van der Waals surface area contributed by atoms with Crippen molar-refractivity contribution >= 4 is 0 Å². The minimum absolute atomic E-state index is 0.215. The van der Waals surface area contributed by atoms with Crippen LogP contribution in [0.1, 0.15) is 0 Å². The fourth-order valence-electron chi connectivity index (χ4n) is 3.40. The number of fused-ring (bicyclic) bond motifs is 2. The summed E-state index contributed by atoms with van der Waals surface area (Å²) in [7, 11) is 1.47. The summed E-state index contributed by atoms with van der Waals surface area (Å²) in [5.41, 5.74) is 0. The van der Waals surface area contributed by atoms with Crippen LogP contribution in [0, 0.1) is 0 Å². The van der Waals surface area contributed by atoms with Crippen molar-refractivity contribution in [3.63, 3.8) is 0 Å². The maximum absolute atomic E-state index is 10.6. The van der Waals surface area contributed by atoms with Crippen molar-refractivity contribution in [2.45, 2.75) is 30.7 Å². The fourth-order valence-corrected chi connectivity index (χ4v) is 3.40. The van der Waals surface area contributed by atoms with Gasteiger partial charge in [-0.25, -0.2) is 0 Å². The molecule has 0 radical (unpaired) electrons. The minimum Gasteiger partial charge on any atom is -0.487 e. The van der Waals surface area contributed by atoms with E-state index in [4.69, 9.17) is 37.9 Å². The van der Waals surface area contributed by atoms with Crippen molar-refractivity contribution in [2.24, 2.45) is 0 Å². The molecule has 2 heterocycles. The number of hydrogen-bond acceptors (Lipinski definition) is 10. The van der Waals surface area contributed by atoms with E-state index in [1.807, 2.05) is 24.3 Å². The molecule has 0 aromatic heterocycles. The molecule has 0 bridgehead atoms. The maximum Gasteiger partial charge on any atom is 0.186 e. The van der Waals surface area contributed by atoms with E-state index in [0.29, 0.717) is 51.1 Å². The van der Waals surface area contributed by atoms with Gasteiger partial charge in [0.25, 0.3) is 0 Å². The van der Waals surface area contributed by atoms with Gasteiger partial charge in [-0.15, -0.1) is 0 Å². The molecule has 2 aliphatic rings. The highest BCUT2D eigenvalue weighted by Crippen LogP contribution is 2.27. The third-order valence-corrected chi connectivity index (χ3v) is 4.93. The molecule has 2 aliphatic heterocycles. The molecule has 0 amide bonds. The highest BCUT2D eigenvalue weighted by molar-refractivity contribution is 5.39. The smallest absolute Gasteiger partial charge is 0.186 e. The summed E-state index contributed by atoms with van der Waals surface area (Å²) in [6.07, 6.45) is -4.18. The topological polar surface area (TPSA) is 114 Å². The molecular weight excluding hydrogens is 412 g/mol. The SMILES string of the molecule is CO[C@@H]1O[C@H](CO)[C@H](O)[C@@H]2OCCOCCOc3ccccc3OCCOCCO[C@@H]12. The predicted octanol–water partition coefficient (Wildman–Crippen LogP) is -0.0141. The molecule has 0 spiro atoms. The molecule has 176 valence electrons. The fraction of sp³-hybridized carbons (Fsp3) is 0.714. The number of rotatable bonds is 2. The average molecular weight is 444 g/mol. The molecule has 1 aromatic carbocycles. The Labute approximate surface area is 181 Å². The molecule has 0 unspecified atom stereocenters. The van der Waals surface area contributed by atoms with Crippen LogP contribution in [-0.4, -0.2) is 107 Å². The Hall–Kier alpha value is -1.50. The van der Waals surface area contributed by atoms with Crippen molar-refractivity contribution < 1.29 is 48.1 Å². The lowest BCUT2D eigenvalue weighted by Crippen LogP contribution is -2.61. The van der Waals surface area contributed by atoms with Gasteiger partial charge in [-0.1, -0.05) is 12.1 Å². The number of methoxy groups -OCH3 is 1. The second kappa shape index (κ2) is 13.1. The first-order valence-corrected chi connectivity index (χ1v) is 10.4. The number of aliphatic hydroxyl groups excluding tert-OH is 2. The van der Waals surface area contributed by atoms with E-state index in [1.54, 1.807) is 0 Å². The summed E-state index contributed by atoms with van der Waals surface area (Å²) in [6, 6.07) is 7.42. The van der Waals surface area contributed by atoms with Crippen LogP contribution in [0.25, 0.3) is 0 Å². The van der Waals surface area contributed by atoms with Crippen LogP contribution in [0.5, 0.6) is 11.5 Å². The maximum atomic E-state index is 10.6. The van der Waals surface area contributed by atoms with E-state index in [1.165, 1.54) is 7.11 Å². The molecule has 10 nitrogen and oxygen atoms in total. The van der Waals surface area contributed by atoms with Crippen LogP contribution in [0.15, 0.2) is 24.3 Å². The Morgan fingerprint density at radius 3 is 1.94 bits per heavy atom. The van der Waals surface area contributed by atoms with Crippen molar-refractivity contribution in [2.75, 3.05) is 66.6 Å². The number of benzene rings is 1. The monoisotopic (exact) mass is 444 g/mol. The zero-order chi connectivity index (χ0) is 21.9. The summed E-state index contributed by atoms with van der Waals surface area (Å²) in [5, 5.41) is 20.1. The van der Waals surface area contributed by atoms with E-state index in [2.05, 4.69) is 0 Å². The third kappa shape index (κ3) is 6.99. The highest BCUT2D eigenvalue weighted by Gasteiger charge is 2.46. The number of para-hydroxylation sites is 2. The largest absolute Gasteiger partial charge is 0.487 e. The quantitative estimate of drug-likeness (QED) is 0.645. The Morgan fingerprint density at radius 1 is 0.839 bits per heavy atom. The first kappa shape index (κ1) is 24.1. The van der Waals surface area contributed by atoms with Gasteiger partial charge in [0, 0.05) is 7.11 Å². The van der Waals surface area contributed by atoms with Gasteiger partial charge in [0.1, 0.15) is 37.6 Å². The molecule has 10 heteroatoms. The Morgan fingerprint density at radius 2 is 1.39 bits per heavy atom. The van der Waals surface area contributed by atoms with Crippen molar-refractivity contribution in [3.8, 4) is 11.5 Å². The van der Waals surface area contributed by atoms with Crippen LogP contribution in [0.2, 0.25) is 0 Å². The van der Waals surface area contributed by atoms with Crippen molar-refractivity contribution in [3.05, 3.63) is 24.3 Å². The van der Waals surface area contributed by atoms with Gasteiger partial charge in [-0.3, -0.25) is 0 Å². The Bertz CT molecular complexity index is 630. The molecule has 0 saturated carbocycles. The molecule has 1 aromatic rings. The first-order chi connectivity index (χ1) is 15.2. The molecule has 0 aliphatic carbocycles. The number of ether oxygens (including phenoxy) is 8. The van der Waals surface area contributed by atoms with Crippen LogP contribution < -0.4 is 9.47 Å². The van der Waals surface area contributed by atoms with E-state index >= 15 is 0 Å². The summed E-state index contributed by atoms with van der Waals surface area (Å²) in [4.78, 5) is 0. The Balaban J connectivity index is 1.61. The van der Waals surface area contributed by atoms with Gasteiger partial charge in [-0.05, 0) is 12.1 Å². The zero-order valence-corrected chi connectivity index (χ0v) is 17.7. The van der Waals surface area contributed by atoms with E-state index in [0.717, 1.165) is 0 Å². The second-order valence-corrected chi connectivity index (χ2v) is 6.99. The predicted molar refractivity (Wildman–Crippen MR) is 107 cm³/mol. The number of aliphatic hydroxyl groups is 2. The molecule has 3 rings (SSSR count). The first-order valence-electron chi connectivity index (χ1n) is 10.4. The van der Waals surface area contributed by atoms with Gasteiger partial charge in [-0.2, -0.15) is 0 Å². The van der Waals surface area contributed by atoms with Gasteiger partial charge < -0.3 is 48.1 Å². The minimum atomic E-state index is -1.08. The van der Waals surface area contributed by atoms with Gasteiger partial charge >= 0.3 is 0 Å². The zero-order valence-electron chi connectivity index (χ0n) is 17.7. The Kier molecular flexibility index (Phi) is 10.2. The van der Waals surface area contributed by atoms with E-state index in [9.17, 15) is 10.2 Å². The van der Waals surface area contributed by atoms with Gasteiger partial charge in [0.2, 0.25) is 0 Å². The lowest BCUT2D eigenvalue weighted by molar-refractivity contribution is -0.312. The molecule has 1 fully saturated rings. The lowest BCUT2D eigenvalue weighted by Gasteiger charge is -2.43. The third-order valence-electron chi connectivity index (χ3n) is 4.93. The van der Waals surface area contributed by atoms with Crippen LogP contribution in [0.3, 0.4) is 0 Å². The normalized spacial score (nSPS) is 31.8. The average Bonchev–Trinajstić information content (AvgIpc) is 2.79. The molecular formula is C21H32O10. The second-order valence-electron chi connectivity index (χ2n) is 6.99. The van der Waals surface area contributed by atoms with Gasteiger partial charge in [0.05, 0.1) is 46.2 Å². The van der Waals surface area contributed by atoms with Crippen molar-refractivity contribution in [1.29, 1.82) is 0 Å². The summed E-state index contributed by atoms with van der Waals surface area (Å²) >= 11 is 0. The summed E-state index contributed by atoms with van der Waals surface area (Å²) < 4.78 is 45.3. The molecule has 31 heavy (non-hydrogen) atoms. The molecule has 2 N–H and O–H groups in total. The van der Waals surface area contributed by atoms with Crippen LogP contribution >= 0.6 is 0 Å². The molecule has 5 atom stereocenters. The number of hydrogen-bond donors (Lipinski definition) is 2. The van der Waals surface area contributed by atoms with Crippen LogP contribution in [0.4, 0.5) is 0 Å². The van der Waals surface area contributed by atoms with Gasteiger partial charge in [0.15, 0.2) is 17.8 Å². The highest BCUT2D eigenvalue weighted by atomic mass is 16.7. The standard InChI is InChI=1S/C21H32O10/c1-24-21-20-19(18(23)17(14-22)31-21)29-12-8-25-6-10-27-15-4-2-3-5-16(15)28-11-7-26-9-13-30-20/h2-5,17-23H,6-14H2,1H3/t17-,18+,19+,20-,21-/m1/s1. The van der Waals surface area contributed by atoms with Crippen molar-refractivity contribution in [1.82, 2.24) is 0 Å². The summed E-state index contributed by atoms with van der Waals surface area (Å²) in [5.74, 6) is 1.28. The lowest BCUT2D eigenvalue weighted by atomic mass is 9.98. The van der Waals surface area contributed by atoms with E-state index < -0.39 is 30.7 Å². The molecule has 1 saturated heterocycles. The summed E-state index contributed by atoms with van der Waals surface area (Å²) in [6.45, 7) is 2.11.